The first-order valence-corrected chi connectivity index (χ1v) is 10.6. The van der Waals surface area contributed by atoms with E-state index in [9.17, 15) is 22.8 Å². The van der Waals surface area contributed by atoms with Crippen molar-refractivity contribution in [1.82, 2.24) is 0 Å². The Hall–Kier alpha value is -3.56. The van der Waals surface area contributed by atoms with E-state index in [1.807, 2.05) is 0 Å². The molecule has 0 spiro atoms. The number of anilines is 2. The Morgan fingerprint density at radius 2 is 1.47 bits per heavy atom. The van der Waals surface area contributed by atoms with Crippen LogP contribution in [0.25, 0.3) is 0 Å². The van der Waals surface area contributed by atoms with Crippen molar-refractivity contribution in [2.45, 2.75) is 18.5 Å². The Morgan fingerprint density at radius 1 is 0.824 bits per heavy atom. The minimum Gasteiger partial charge on any atom is -0.406 e. The Labute approximate surface area is 197 Å². The molecule has 3 aromatic rings. The van der Waals surface area contributed by atoms with Crippen LogP contribution >= 0.6 is 11.6 Å². The molecule has 34 heavy (non-hydrogen) atoms. The van der Waals surface area contributed by atoms with Crippen LogP contribution in [0.5, 0.6) is 5.75 Å². The van der Waals surface area contributed by atoms with E-state index in [2.05, 4.69) is 4.74 Å². The highest BCUT2D eigenvalue weighted by molar-refractivity contribution is 6.31. The lowest BCUT2D eigenvalue weighted by Crippen LogP contribution is -2.37. The maximum absolute atomic E-state index is 13.5. The fourth-order valence-electron chi connectivity index (χ4n) is 4.26. The number of fused-ring (bicyclic) bond motifs is 1. The monoisotopic (exact) mass is 488 g/mol. The van der Waals surface area contributed by atoms with Crippen molar-refractivity contribution in [3.05, 3.63) is 89.4 Å². The number of amides is 2. The predicted molar refractivity (Wildman–Crippen MR) is 117 cm³/mol. The number of hydroxylamine groups is 1. The molecule has 2 aliphatic heterocycles. The minimum atomic E-state index is -4.83. The molecular weight excluding hydrogens is 473 g/mol. The number of hydrogen-bond donors (Lipinski definition) is 0. The van der Waals surface area contributed by atoms with E-state index in [-0.39, 0.29) is 0 Å². The molecule has 2 fully saturated rings. The number of para-hydroxylation sites is 1. The average Bonchev–Trinajstić information content (AvgIpc) is 3.31. The minimum absolute atomic E-state index is 0.358. The van der Waals surface area contributed by atoms with Gasteiger partial charge in [0.2, 0.25) is 5.91 Å². The van der Waals surface area contributed by atoms with E-state index in [0.717, 1.165) is 17.0 Å². The number of alkyl halides is 3. The lowest BCUT2D eigenvalue weighted by Gasteiger charge is -2.28. The molecule has 6 nitrogen and oxygen atoms in total. The normalized spacial score (nSPS) is 22.3. The Bertz CT molecular complexity index is 1220. The van der Waals surface area contributed by atoms with Gasteiger partial charge in [-0.1, -0.05) is 41.9 Å². The topological polar surface area (TPSA) is 59.1 Å². The summed E-state index contributed by atoms with van der Waals surface area (Å²) in [6.07, 6.45) is -5.93. The molecule has 2 saturated heterocycles. The highest BCUT2D eigenvalue weighted by Gasteiger charge is 2.60. The van der Waals surface area contributed by atoms with Crippen LogP contribution in [-0.4, -0.2) is 24.3 Å². The molecule has 0 aromatic heterocycles. The third-order valence-electron chi connectivity index (χ3n) is 5.67. The van der Waals surface area contributed by atoms with Gasteiger partial charge in [0.25, 0.3) is 5.91 Å². The zero-order valence-electron chi connectivity index (χ0n) is 17.3. The Morgan fingerprint density at radius 3 is 2.09 bits per heavy atom. The third-order valence-corrected chi connectivity index (χ3v) is 5.92. The van der Waals surface area contributed by atoms with Crippen molar-refractivity contribution in [3.63, 3.8) is 0 Å². The number of halogens is 4. The van der Waals surface area contributed by atoms with E-state index in [1.165, 1.54) is 17.2 Å². The van der Waals surface area contributed by atoms with E-state index in [1.54, 1.807) is 54.6 Å². The van der Waals surface area contributed by atoms with Gasteiger partial charge >= 0.3 is 6.36 Å². The Balaban J connectivity index is 1.53. The van der Waals surface area contributed by atoms with Crippen molar-refractivity contribution in [2.75, 3.05) is 9.96 Å². The summed E-state index contributed by atoms with van der Waals surface area (Å²) >= 11 is 5.93. The standard InChI is InChI=1S/C24H16ClF3N2O4/c25-15-8-10-16(11-9-15)29-22(31)19-20(14-6-12-18(13-7-14)33-24(26,27)28)30(34-21(19)23(29)32)17-4-2-1-3-5-17/h1-13,19-21H/t19-,20-,21-/m1/s1. The van der Waals surface area contributed by atoms with Crippen LogP contribution in [0.4, 0.5) is 24.5 Å². The summed E-state index contributed by atoms with van der Waals surface area (Å²) in [7, 11) is 0. The summed E-state index contributed by atoms with van der Waals surface area (Å²) in [5.74, 6) is -2.32. The van der Waals surface area contributed by atoms with Crippen LogP contribution < -0.4 is 14.7 Å². The number of benzene rings is 3. The number of imide groups is 1. The maximum atomic E-state index is 13.5. The molecule has 3 atom stereocenters. The summed E-state index contributed by atoms with van der Waals surface area (Å²) < 4.78 is 41.7. The smallest absolute Gasteiger partial charge is 0.406 e. The molecule has 174 valence electrons. The number of rotatable bonds is 4. The molecule has 0 unspecified atom stereocenters. The Kier molecular flexibility index (Phi) is 5.45. The zero-order chi connectivity index (χ0) is 24.0. The zero-order valence-corrected chi connectivity index (χ0v) is 18.0. The molecule has 0 bridgehead atoms. The van der Waals surface area contributed by atoms with Crippen molar-refractivity contribution < 1.29 is 32.3 Å². The molecule has 3 aromatic carbocycles. The second-order valence-electron chi connectivity index (χ2n) is 7.76. The van der Waals surface area contributed by atoms with E-state index < -0.39 is 42.0 Å². The summed E-state index contributed by atoms with van der Waals surface area (Å²) in [6.45, 7) is 0. The predicted octanol–water partition coefficient (Wildman–Crippen LogP) is 5.29. The van der Waals surface area contributed by atoms with Gasteiger partial charge in [-0.15, -0.1) is 13.2 Å². The van der Waals surface area contributed by atoms with Crippen LogP contribution in [0.15, 0.2) is 78.9 Å². The third kappa shape index (κ3) is 3.97. The molecule has 2 aliphatic rings. The van der Waals surface area contributed by atoms with Crippen molar-refractivity contribution >= 4 is 34.8 Å². The lowest BCUT2D eigenvalue weighted by atomic mass is 9.90. The van der Waals surface area contributed by atoms with Gasteiger partial charge in [0, 0.05) is 5.02 Å². The van der Waals surface area contributed by atoms with Gasteiger partial charge in [0.1, 0.15) is 11.7 Å². The highest BCUT2D eigenvalue weighted by atomic mass is 35.5. The molecular formula is C24H16ClF3N2O4. The molecule has 0 radical (unpaired) electrons. The van der Waals surface area contributed by atoms with E-state index >= 15 is 0 Å². The maximum Gasteiger partial charge on any atom is 0.573 e. The fourth-order valence-corrected chi connectivity index (χ4v) is 4.39. The molecule has 0 aliphatic carbocycles. The number of nitrogens with zero attached hydrogens (tertiary/aromatic N) is 2. The number of carbonyl (C=O) groups excluding carboxylic acids is 2. The SMILES string of the molecule is O=C1[C@@H]2[C@@H](c3ccc(OC(F)(F)F)cc3)N(c3ccccc3)O[C@H]2C(=O)N1c1ccc(Cl)cc1. The van der Waals surface area contributed by atoms with Crippen molar-refractivity contribution in [2.24, 2.45) is 5.92 Å². The summed E-state index contributed by atoms with van der Waals surface area (Å²) in [5, 5.41) is 1.91. The fraction of sp³-hybridized carbons (Fsp3) is 0.167. The van der Waals surface area contributed by atoms with Gasteiger partial charge in [0.15, 0.2) is 6.10 Å². The summed E-state index contributed by atoms with van der Waals surface area (Å²) in [6, 6.07) is 19.5. The molecule has 10 heteroatoms. The number of ether oxygens (including phenoxy) is 1. The van der Waals surface area contributed by atoms with Crippen LogP contribution in [0, 0.1) is 5.92 Å². The first kappa shape index (κ1) is 22.2. The van der Waals surface area contributed by atoms with Crippen molar-refractivity contribution in [1.29, 1.82) is 0 Å². The molecule has 0 saturated carbocycles. The van der Waals surface area contributed by atoms with E-state index in [4.69, 9.17) is 16.4 Å². The number of carbonyl (C=O) groups is 2. The number of hydrogen-bond acceptors (Lipinski definition) is 5. The largest absolute Gasteiger partial charge is 0.573 e. The second-order valence-corrected chi connectivity index (χ2v) is 8.20. The average molecular weight is 489 g/mol. The van der Waals surface area contributed by atoms with Crippen LogP contribution in [0.3, 0.4) is 0 Å². The lowest BCUT2D eigenvalue weighted by molar-refractivity contribution is -0.274. The van der Waals surface area contributed by atoms with Crippen molar-refractivity contribution in [3.8, 4) is 5.75 Å². The molecule has 0 N–H and O–H groups in total. The van der Waals surface area contributed by atoms with Crippen LogP contribution in [0.2, 0.25) is 5.02 Å². The summed E-state index contributed by atoms with van der Waals surface area (Å²) in [4.78, 5) is 33.8. The van der Waals surface area contributed by atoms with Gasteiger partial charge in [-0.3, -0.25) is 14.4 Å². The highest BCUT2D eigenvalue weighted by Crippen LogP contribution is 2.47. The first-order chi connectivity index (χ1) is 16.2. The van der Waals surface area contributed by atoms with Gasteiger partial charge in [-0.05, 0) is 54.1 Å². The first-order valence-electron chi connectivity index (χ1n) is 10.2. The van der Waals surface area contributed by atoms with Gasteiger partial charge in [-0.2, -0.15) is 0 Å². The summed E-state index contributed by atoms with van der Waals surface area (Å²) in [5.41, 5.74) is 1.44. The van der Waals surface area contributed by atoms with Gasteiger partial charge in [0.05, 0.1) is 17.4 Å². The quantitative estimate of drug-likeness (QED) is 0.467. The molecule has 2 amide bonds. The molecule has 5 rings (SSSR count). The van der Waals surface area contributed by atoms with Crippen LogP contribution in [0.1, 0.15) is 11.6 Å². The second kappa shape index (κ2) is 8.34. The van der Waals surface area contributed by atoms with Gasteiger partial charge < -0.3 is 4.74 Å². The van der Waals surface area contributed by atoms with Crippen LogP contribution in [-0.2, 0) is 14.4 Å². The van der Waals surface area contributed by atoms with Gasteiger partial charge in [-0.25, -0.2) is 9.96 Å². The molecule has 2 heterocycles. The van der Waals surface area contributed by atoms with E-state index in [0.29, 0.717) is 22.0 Å².